The Kier molecular flexibility index (Phi) is 3.57. The zero-order valence-electron chi connectivity index (χ0n) is 11.2. The minimum Gasteiger partial charge on any atom is -0.487 e. The van der Waals surface area contributed by atoms with Gasteiger partial charge < -0.3 is 4.74 Å². The molecule has 1 heterocycles. The lowest BCUT2D eigenvalue weighted by molar-refractivity contribution is 0.0699. The van der Waals surface area contributed by atoms with E-state index in [1.54, 1.807) is 13.0 Å². The summed E-state index contributed by atoms with van der Waals surface area (Å²) >= 11 is 0. The SMILES string of the molecule is CCS(=O)(=O)NC1CC(C)(C)Oc2ccc(F)cc21. The van der Waals surface area contributed by atoms with Gasteiger partial charge in [0.2, 0.25) is 10.0 Å². The molecule has 2 rings (SSSR count). The second-order valence-corrected chi connectivity index (χ2v) is 7.36. The van der Waals surface area contributed by atoms with Gasteiger partial charge in [0, 0.05) is 12.0 Å². The van der Waals surface area contributed by atoms with Crippen LogP contribution in [0.1, 0.15) is 38.8 Å². The zero-order valence-corrected chi connectivity index (χ0v) is 12.1. The van der Waals surface area contributed by atoms with E-state index < -0.39 is 27.5 Å². The molecule has 0 spiro atoms. The van der Waals surface area contributed by atoms with Gasteiger partial charge in [0.15, 0.2) is 0 Å². The molecule has 6 heteroatoms. The standard InChI is InChI=1S/C13H18FNO3S/c1-4-19(16,17)15-11-8-13(2,3)18-12-6-5-9(14)7-10(11)12/h5-7,11,15H,4,8H2,1-3H3. The van der Waals surface area contributed by atoms with Gasteiger partial charge in [0.25, 0.3) is 0 Å². The lowest BCUT2D eigenvalue weighted by Crippen LogP contribution is -2.41. The summed E-state index contributed by atoms with van der Waals surface area (Å²) in [5, 5.41) is 0. The van der Waals surface area contributed by atoms with E-state index >= 15 is 0 Å². The first-order valence-electron chi connectivity index (χ1n) is 6.21. The summed E-state index contributed by atoms with van der Waals surface area (Å²) in [4.78, 5) is 0. The molecule has 0 saturated heterocycles. The van der Waals surface area contributed by atoms with Crippen molar-refractivity contribution >= 4 is 10.0 Å². The molecule has 1 atom stereocenters. The molecule has 0 aromatic heterocycles. The van der Waals surface area contributed by atoms with Crippen molar-refractivity contribution in [2.75, 3.05) is 5.75 Å². The minimum absolute atomic E-state index is 0.00453. The summed E-state index contributed by atoms with van der Waals surface area (Å²) in [6.45, 7) is 5.33. The average molecular weight is 287 g/mol. The molecule has 0 aliphatic carbocycles. The molecule has 0 amide bonds. The second kappa shape index (κ2) is 4.76. The summed E-state index contributed by atoms with van der Waals surface area (Å²) in [6.07, 6.45) is 0.461. The summed E-state index contributed by atoms with van der Waals surface area (Å²) < 4.78 is 45.2. The maximum absolute atomic E-state index is 13.3. The van der Waals surface area contributed by atoms with Crippen LogP contribution in [0.2, 0.25) is 0 Å². The Labute approximate surface area is 113 Å². The van der Waals surface area contributed by atoms with Crippen LogP contribution in [-0.2, 0) is 10.0 Å². The first kappa shape index (κ1) is 14.3. The lowest BCUT2D eigenvalue weighted by atomic mass is 9.90. The first-order valence-corrected chi connectivity index (χ1v) is 7.86. The van der Waals surface area contributed by atoms with Crippen molar-refractivity contribution in [3.63, 3.8) is 0 Å². The number of ether oxygens (including phenoxy) is 1. The van der Waals surface area contributed by atoms with E-state index in [2.05, 4.69) is 4.72 Å². The summed E-state index contributed by atoms with van der Waals surface area (Å²) in [5.74, 6) is 0.124. The van der Waals surface area contributed by atoms with E-state index in [9.17, 15) is 12.8 Å². The van der Waals surface area contributed by atoms with Crippen LogP contribution in [0.25, 0.3) is 0 Å². The number of benzene rings is 1. The van der Waals surface area contributed by atoms with Gasteiger partial charge in [-0.05, 0) is 39.0 Å². The smallest absolute Gasteiger partial charge is 0.211 e. The summed E-state index contributed by atoms with van der Waals surface area (Å²) in [5.41, 5.74) is 0.0579. The van der Waals surface area contributed by atoms with Crippen molar-refractivity contribution in [3.8, 4) is 5.75 Å². The molecule has 19 heavy (non-hydrogen) atoms. The number of sulfonamides is 1. The molecule has 1 N–H and O–H groups in total. The third-order valence-electron chi connectivity index (χ3n) is 3.13. The highest BCUT2D eigenvalue weighted by Gasteiger charge is 2.35. The van der Waals surface area contributed by atoms with Crippen molar-refractivity contribution in [1.29, 1.82) is 0 Å². The minimum atomic E-state index is -3.35. The third kappa shape index (κ3) is 3.25. The van der Waals surface area contributed by atoms with Gasteiger partial charge in [-0.25, -0.2) is 17.5 Å². The van der Waals surface area contributed by atoms with Crippen LogP contribution in [0.5, 0.6) is 5.75 Å². The van der Waals surface area contributed by atoms with Crippen molar-refractivity contribution in [3.05, 3.63) is 29.6 Å². The molecule has 0 bridgehead atoms. The maximum Gasteiger partial charge on any atom is 0.211 e. The zero-order chi connectivity index (χ0) is 14.3. The quantitative estimate of drug-likeness (QED) is 0.928. The van der Waals surface area contributed by atoms with Crippen molar-refractivity contribution in [2.45, 2.75) is 38.8 Å². The van der Waals surface area contributed by atoms with Crippen LogP contribution in [0.3, 0.4) is 0 Å². The van der Waals surface area contributed by atoms with E-state index in [1.807, 2.05) is 13.8 Å². The van der Waals surface area contributed by atoms with Gasteiger partial charge in [-0.15, -0.1) is 0 Å². The topological polar surface area (TPSA) is 55.4 Å². The highest BCUT2D eigenvalue weighted by atomic mass is 32.2. The van der Waals surface area contributed by atoms with Gasteiger partial charge in [0.05, 0.1) is 11.8 Å². The maximum atomic E-state index is 13.3. The third-order valence-corrected chi connectivity index (χ3v) is 4.53. The van der Waals surface area contributed by atoms with Crippen LogP contribution >= 0.6 is 0 Å². The van der Waals surface area contributed by atoms with Gasteiger partial charge in [-0.3, -0.25) is 0 Å². The van der Waals surface area contributed by atoms with E-state index in [-0.39, 0.29) is 5.75 Å². The van der Waals surface area contributed by atoms with Crippen LogP contribution in [0, 0.1) is 5.82 Å². The number of halogens is 1. The Hall–Kier alpha value is -1.14. The largest absolute Gasteiger partial charge is 0.487 e. The van der Waals surface area contributed by atoms with Crippen LogP contribution in [0.15, 0.2) is 18.2 Å². The van der Waals surface area contributed by atoms with Crippen molar-refractivity contribution < 1.29 is 17.5 Å². The summed E-state index contributed by atoms with van der Waals surface area (Å²) in [6, 6.07) is 3.72. The normalized spacial score (nSPS) is 21.6. The Morgan fingerprint density at radius 3 is 2.79 bits per heavy atom. The second-order valence-electron chi connectivity index (χ2n) is 5.32. The molecule has 0 fully saturated rings. The Bertz CT molecular complexity index is 584. The molecule has 1 aromatic rings. The highest BCUT2D eigenvalue weighted by Crippen LogP contribution is 2.39. The van der Waals surface area contributed by atoms with Crippen LogP contribution in [0.4, 0.5) is 4.39 Å². The average Bonchev–Trinajstić information content (AvgIpc) is 2.29. The first-order chi connectivity index (χ1) is 8.72. The van der Waals surface area contributed by atoms with E-state index in [1.165, 1.54) is 12.1 Å². The lowest BCUT2D eigenvalue weighted by Gasteiger charge is -2.37. The predicted molar refractivity (Wildman–Crippen MR) is 71.1 cm³/mol. The van der Waals surface area contributed by atoms with Crippen molar-refractivity contribution in [2.24, 2.45) is 0 Å². The number of nitrogens with one attached hydrogen (secondary N) is 1. The van der Waals surface area contributed by atoms with Crippen LogP contribution < -0.4 is 9.46 Å². The fourth-order valence-corrected chi connectivity index (χ4v) is 3.04. The van der Waals surface area contributed by atoms with Gasteiger partial charge >= 0.3 is 0 Å². The molecule has 1 aliphatic rings. The van der Waals surface area contributed by atoms with Gasteiger partial charge in [0.1, 0.15) is 17.2 Å². The van der Waals surface area contributed by atoms with Gasteiger partial charge in [-0.1, -0.05) is 0 Å². The fraction of sp³-hybridized carbons (Fsp3) is 0.538. The Morgan fingerprint density at radius 1 is 1.47 bits per heavy atom. The molecule has 106 valence electrons. The molecule has 0 radical (unpaired) electrons. The van der Waals surface area contributed by atoms with Gasteiger partial charge in [-0.2, -0.15) is 0 Å². The van der Waals surface area contributed by atoms with Crippen LogP contribution in [-0.4, -0.2) is 19.8 Å². The molecule has 1 aliphatic heterocycles. The monoisotopic (exact) mass is 287 g/mol. The Morgan fingerprint density at radius 2 is 2.16 bits per heavy atom. The molecule has 1 aromatic carbocycles. The Balaban J connectivity index is 2.41. The molecule has 1 unspecified atom stereocenters. The summed E-state index contributed by atoms with van der Waals surface area (Å²) in [7, 11) is -3.35. The van der Waals surface area contributed by atoms with Crippen molar-refractivity contribution in [1.82, 2.24) is 4.72 Å². The molecular formula is C13H18FNO3S. The number of rotatable bonds is 3. The number of fused-ring (bicyclic) bond motifs is 1. The number of hydrogen-bond acceptors (Lipinski definition) is 3. The van der Waals surface area contributed by atoms with E-state index in [0.717, 1.165) is 0 Å². The molecular weight excluding hydrogens is 269 g/mol. The van der Waals surface area contributed by atoms with E-state index in [0.29, 0.717) is 17.7 Å². The number of hydrogen-bond donors (Lipinski definition) is 1. The fourth-order valence-electron chi connectivity index (χ4n) is 2.23. The molecule has 4 nitrogen and oxygen atoms in total. The molecule has 0 saturated carbocycles. The van der Waals surface area contributed by atoms with E-state index in [4.69, 9.17) is 4.74 Å². The highest BCUT2D eigenvalue weighted by molar-refractivity contribution is 7.89. The predicted octanol–water partition coefficient (Wildman–Crippen LogP) is 2.37.